The predicted octanol–water partition coefficient (Wildman–Crippen LogP) is 3.04. The summed E-state index contributed by atoms with van der Waals surface area (Å²) in [5.41, 5.74) is 2.73. The van der Waals surface area contributed by atoms with Gasteiger partial charge in [-0.1, -0.05) is 24.3 Å². The van der Waals surface area contributed by atoms with E-state index in [1.54, 1.807) is 10.7 Å². The van der Waals surface area contributed by atoms with Crippen LogP contribution in [0.1, 0.15) is 5.56 Å². The zero-order chi connectivity index (χ0) is 11.8. The van der Waals surface area contributed by atoms with Crippen molar-refractivity contribution in [3.05, 3.63) is 54.2 Å². The molecule has 0 bridgehead atoms. The fourth-order valence-electron chi connectivity index (χ4n) is 1.90. The number of aryl methyl sites for hydroxylation is 1. The van der Waals surface area contributed by atoms with E-state index in [1.165, 1.54) is 0 Å². The summed E-state index contributed by atoms with van der Waals surface area (Å²) in [6.45, 7) is 1.99. The van der Waals surface area contributed by atoms with E-state index in [1.807, 2.05) is 49.5 Å². The summed E-state index contributed by atoms with van der Waals surface area (Å²) >= 11 is 0. The molecule has 1 heterocycles. The van der Waals surface area contributed by atoms with Crippen LogP contribution in [0.3, 0.4) is 0 Å². The third-order valence-electron chi connectivity index (χ3n) is 2.79. The second-order valence-corrected chi connectivity index (χ2v) is 4.12. The molecule has 3 rings (SSSR count). The van der Waals surface area contributed by atoms with E-state index in [4.69, 9.17) is 0 Å². The average molecular weight is 290 g/mol. The molecule has 3 nitrogen and oxygen atoms in total. The van der Waals surface area contributed by atoms with Gasteiger partial charge in [0.15, 0.2) is 0 Å². The number of aromatic hydroxyl groups is 1. The molecule has 0 aliphatic rings. The van der Waals surface area contributed by atoms with Gasteiger partial charge in [0, 0.05) is 31.1 Å². The van der Waals surface area contributed by atoms with Crippen molar-refractivity contribution in [1.82, 2.24) is 9.78 Å². The van der Waals surface area contributed by atoms with Gasteiger partial charge in [-0.15, -0.1) is 0 Å². The first-order valence-corrected chi connectivity index (χ1v) is 5.48. The number of hydrogen-bond acceptors (Lipinski definition) is 2. The minimum absolute atomic E-state index is 0. The summed E-state index contributed by atoms with van der Waals surface area (Å²) in [7, 11) is 0. The maximum Gasteiger partial charge on any atom is 0.141 e. The van der Waals surface area contributed by atoms with Gasteiger partial charge in [-0.3, -0.25) is 0 Å². The number of phenols is 1. The molecule has 3 aromatic rings. The van der Waals surface area contributed by atoms with Gasteiger partial charge in [-0.2, -0.15) is 5.10 Å². The summed E-state index contributed by atoms with van der Waals surface area (Å²) in [5.74, 6) is 0.239. The molecular weight excluding hydrogens is 278 g/mol. The van der Waals surface area contributed by atoms with Crippen LogP contribution in [0.4, 0.5) is 0 Å². The maximum atomic E-state index is 9.85. The molecule has 0 saturated heterocycles. The number of benzene rings is 2. The van der Waals surface area contributed by atoms with Crippen LogP contribution in [0.15, 0.2) is 48.7 Å². The molecule has 0 unspecified atom stereocenters. The van der Waals surface area contributed by atoms with Crippen LogP contribution >= 0.6 is 0 Å². The average Bonchev–Trinajstić information content (AvgIpc) is 2.75. The molecule has 86 valence electrons. The van der Waals surface area contributed by atoms with Crippen molar-refractivity contribution in [2.75, 3.05) is 0 Å². The van der Waals surface area contributed by atoms with Gasteiger partial charge in [-0.05, 0) is 30.7 Å². The number of nitrogens with zero attached hydrogens (tertiary/aromatic N) is 2. The van der Waals surface area contributed by atoms with Crippen LogP contribution in [0.2, 0.25) is 0 Å². The second-order valence-electron chi connectivity index (χ2n) is 4.12. The third-order valence-corrected chi connectivity index (χ3v) is 2.79. The fraction of sp³-hybridized carbons (Fsp3) is 0.0714. The van der Waals surface area contributed by atoms with Crippen molar-refractivity contribution in [2.24, 2.45) is 0 Å². The molecule has 0 fully saturated rings. The Morgan fingerprint density at radius 1 is 1.11 bits per heavy atom. The number of phenolic OH excluding ortho intramolecular Hbond substituents is 1. The van der Waals surface area contributed by atoms with Crippen LogP contribution in [-0.2, 0) is 19.5 Å². The summed E-state index contributed by atoms with van der Waals surface area (Å²) in [4.78, 5) is 0. The molecule has 0 aliphatic heterocycles. The van der Waals surface area contributed by atoms with Crippen molar-refractivity contribution in [2.45, 2.75) is 6.92 Å². The first kappa shape index (κ1) is 12.8. The number of hydrogen-bond donors (Lipinski definition) is 1. The maximum absolute atomic E-state index is 9.85. The van der Waals surface area contributed by atoms with Crippen LogP contribution in [0, 0.1) is 6.92 Å². The Hall–Kier alpha value is -1.67. The Morgan fingerprint density at radius 2 is 1.89 bits per heavy atom. The Balaban J connectivity index is 0.00000120. The molecule has 1 aromatic heterocycles. The van der Waals surface area contributed by atoms with Gasteiger partial charge in [0.05, 0.1) is 5.52 Å². The van der Waals surface area contributed by atoms with Crippen LogP contribution < -0.4 is 0 Å². The van der Waals surface area contributed by atoms with Gasteiger partial charge in [0.25, 0.3) is 0 Å². The standard InChI is InChI=1S/C14H12N2O.Zn/c1-10-6-7-14(17)13(8-10)16-9-11-4-2-3-5-12(11)15-16;/h2-9,17H,1H3;. The molecule has 0 aliphatic carbocycles. The molecule has 0 amide bonds. The van der Waals surface area contributed by atoms with Crippen LogP contribution in [0.5, 0.6) is 5.75 Å². The fourth-order valence-corrected chi connectivity index (χ4v) is 1.90. The molecule has 0 spiro atoms. The van der Waals surface area contributed by atoms with E-state index in [0.29, 0.717) is 5.69 Å². The monoisotopic (exact) mass is 288 g/mol. The van der Waals surface area contributed by atoms with Gasteiger partial charge in [0.2, 0.25) is 0 Å². The second kappa shape index (κ2) is 4.91. The van der Waals surface area contributed by atoms with E-state index in [9.17, 15) is 5.11 Å². The van der Waals surface area contributed by atoms with E-state index >= 15 is 0 Å². The number of fused-ring (bicyclic) bond motifs is 1. The first-order valence-electron chi connectivity index (χ1n) is 5.48. The summed E-state index contributed by atoms with van der Waals surface area (Å²) in [6, 6.07) is 13.4. The zero-order valence-corrected chi connectivity index (χ0v) is 13.1. The van der Waals surface area contributed by atoms with Crippen LogP contribution in [-0.4, -0.2) is 14.9 Å². The van der Waals surface area contributed by atoms with Gasteiger partial charge in [-0.25, -0.2) is 4.68 Å². The zero-order valence-electron chi connectivity index (χ0n) is 10.2. The Labute approximate surface area is 118 Å². The molecule has 2 aromatic carbocycles. The Bertz CT molecular complexity index is 658. The quantitative estimate of drug-likeness (QED) is 0.699. The molecule has 0 atom stereocenters. The van der Waals surface area contributed by atoms with Crippen molar-refractivity contribution in [3.63, 3.8) is 0 Å². The van der Waals surface area contributed by atoms with Gasteiger partial charge < -0.3 is 5.11 Å². The SMILES string of the molecule is Cc1ccc(O)c(-n2cc3ccccc3n2)c1.[Zn]. The van der Waals surface area contributed by atoms with Crippen molar-refractivity contribution in [1.29, 1.82) is 0 Å². The molecule has 1 N–H and O–H groups in total. The predicted molar refractivity (Wildman–Crippen MR) is 67.5 cm³/mol. The van der Waals surface area contributed by atoms with E-state index in [2.05, 4.69) is 5.10 Å². The number of aromatic nitrogens is 2. The number of rotatable bonds is 1. The topological polar surface area (TPSA) is 38.0 Å². The Morgan fingerprint density at radius 3 is 2.67 bits per heavy atom. The minimum Gasteiger partial charge on any atom is -0.506 e. The third kappa shape index (κ3) is 2.16. The molecule has 18 heavy (non-hydrogen) atoms. The first-order chi connectivity index (χ1) is 8.24. The van der Waals surface area contributed by atoms with E-state index in [0.717, 1.165) is 16.5 Å². The summed E-state index contributed by atoms with van der Waals surface area (Å²) in [5, 5.41) is 15.4. The van der Waals surface area contributed by atoms with Gasteiger partial charge >= 0.3 is 0 Å². The molecular formula is C14H12N2OZn. The summed E-state index contributed by atoms with van der Waals surface area (Å²) in [6.07, 6.45) is 1.92. The smallest absolute Gasteiger partial charge is 0.141 e. The van der Waals surface area contributed by atoms with Gasteiger partial charge in [0.1, 0.15) is 11.4 Å². The largest absolute Gasteiger partial charge is 0.506 e. The summed E-state index contributed by atoms with van der Waals surface area (Å²) < 4.78 is 1.72. The molecule has 0 radical (unpaired) electrons. The van der Waals surface area contributed by atoms with Crippen molar-refractivity contribution >= 4 is 10.9 Å². The van der Waals surface area contributed by atoms with E-state index in [-0.39, 0.29) is 25.2 Å². The molecule has 0 saturated carbocycles. The van der Waals surface area contributed by atoms with Crippen LogP contribution in [0.25, 0.3) is 16.6 Å². The minimum atomic E-state index is 0. The Kier molecular flexibility index (Phi) is 3.49. The molecule has 4 heteroatoms. The van der Waals surface area contributed by atoms with Crippen molar-refractivity contribution < 1.29 is 24.6 Å². The normalized spacial score (nSPS) is 10.3. The van der Waals surface area contributed by atoms with Crippen molar-refractivity contribution in [3.8, 4) is 11.4 Å². The van der Waals surface area contributed by atoms with E-state index < -0.39 is 0 Å².